The first-order chi connectivity index (χ1) is 12.3. The third-order valence-electron chi connectivity index (χ3n) is 3.83. The number of methoxy groups -OCH3 is 1. The smallest absolute Gasteiger partial charge is 0.142 e. The van der Waals surface area contributed by atoms with Gasteiger partial charge in [-0.15, -0.1) is 0 Å². The zero-order valence-corrected chi connectivity index (χ0v) is 14.3. The first-order valence-corrected chi connectivity index (χ1v) is 8.35. The lowest BCUT2D eigenvalue weighted by atomic mass is 10.1. The van der Waals surface area contributed by atoms with Crippen LogP contribution in [0.15, 0.2) is 67.0 Å². The third kappa shape index (κ3) is 4.94. The Labute approximate surface area is 148 Å². The Bertz CT molecular complexity index is 792. The minimum atomic E-state index is 0.727. The zero-order valence-electron chi connectivity index (χ0n) is 14.3. The molecule has 0 aliphatic rings. The zero-order chi connectivity index (χ0) is 17.3. The molecule has 128 valence electrons. The van der Waals surface area contributed by atoms with E-state index in [2.05, 4.69) is 44.9 Å². The summed E-state index contributed by atoms with van der Waals surface area (Å²) >= 11 is 0. The number of aryl methyl sites for hydroxylation is 1. The Morgan fingerprint density at radius 3 is 2.52 bits per heavy atom. The highest BCUT2D eigenvalue weighted by molar-refractivity contribution is 5.65. The van der Waals surface area contributed by atoms with Gasteiger partial charge in [-0.2, -0.15) is 0 Å². The molecule has 1 heterocycles. The summed E-state index contributed by atoms with van der Waals surface area (Å²) in [6.07, 6.45) is 3.64. The van der Waals surface area contributed by atoms with Crippen molar-refractivity contribution in [3.05, 3.63) is 72.6 Å². The van der Waals surface area contributed by atoms with Gasteiger partial charge in [0, 0.05) is 12.6 Å². The maximum absolute atomic E-state index is 5.35. The molecule has 0 saturated heterocycles. The van der Waals surface area contributed by atoms with Crippen LogP contribution in [0.1, 0.15) is 12.0 Å². The molecule has 5 heteroatoms. The Morgan fingerprint density at radius 1 is 0.920 bits per heavy atom. The van der Waals surface area contributed by atoms with E-state index in [0.717, 1.165) is 42.5 Å². The summed E-state index contributed by atoms with van der Waals surface area (Å²) in [5.41, 5.74) is 2.23. The van der Waals surface area contributed by atoms with Crippen LogP contribution in [0.25, 0.3) is 0 Å². The third-order valence-corrected chi connectivity index (χ3v) is 3.83. The number of rotatable bonds is 8. The summed E-state index contributed by atoms with van der Waals surface area (Å²) in [5.74, 6) is 2.31. The van der Waals surface area contributed by atoms with Crippen LogP contribution in [0.5, 0.6) is 5.75 Å². The van der Waals surface area contributed by atoms with Crippen molar-refractivity contribution in [2.45, 2.75) is 12.8 Å². The van der Waals surface area contributed by atoms with Crippen LogP contribution in [0, 0.1) is 0 Å². The summed E-state index contributed by atoms with van der Waals surface area (Å²) < 4.78 is 5.35. The molecule has 0 aliphatic carbocycles. The predicted octanol–water partition coefficient (Wildman–Crippen LogP) is 4.27. The first-order valence-electron chi connectivity index (χ1n) is 8.35. The van der Waals surface area contributed by atoms with Crippen molar-refractivity contribution in [3.8, 4) is 5.75 Å². The summed E-state index contributed by atoms with van der Waals surface area (Å²) in [6, 6.07) is 20.1. The molecule has 0 atom stereocenters. The molecule has 1 aromatic heterocycles. The van der Waals surface area contributed by atoms with Gasteiger partial charge in [-0.1, -0.05) is 42.5 Å². The topological polar surface area (TPSA) is 59.1 Å². The van der Waals surface area contributed by atoms with Crippen LogP contribution in [0.2, 0.25) is 0 Å². The van der Waals surface area contributed by atoms with E-state index < -0.39 is 0 Å². The quantitative estimate of drug-likeness (QED) is 0.602. The molecule has 2 N–H and O–H groups in total. The van der Waals surface area contributed by atoms with Gasteiger partial charge in [-0.3, -0.25) is 0 Å². The fraction of sp³-hybridized carbons (Fsp3) is 0.200. The Kier molecular flexibility index (Phi) is 5.82. The van der Waals surface area contributed by atoms with Gasteiger partial charge in [0.2, 0.25) is 0 Å². The predicted molar refractivity (Wildman–Crippen MR) is 102 cm³/mol. The monoisotopic (exact) mass is 334 g/mol. The lowest BCUT2D eigenvalue weighted by Gasteiger charge is -2.11. The first kappa shape index (κ1) is 16.8. The van der Waals surface area contributed by atoms with Gasteiger partial charge in [0.25, 0.3) is 0 Å². The van der Waals surface area contributed by atoms with Gasteiger partial charge in [0.1, 0.15) is 23.7 Å². The molecule has 0 unspecified atom stereocenters. The lowest BCUT2D eigenvalue weighted by Crippen LogP contribution is -2.06. The highest BCUT2D eigenvalue weighted by atomic mass is 16.5. The molecule has 3 aromatic rings. The van der Waals surface area contributed by atoms with Gasteiger partial charge >= 0.3 is 0 Å². The van der Waals surface area contributed by atoms with Gasteiger partial charge < -0.3 is 15.4 Å². The number of anilines is 3. The molecular weight excluding hydrogens is 312 g/mol. The summed E-state index contributed by atoms with van der Waals surface area (Å²) in [5, 5.41) is 6.61. The summed E-state index contributed by atoms with van der Waals surface area (Å²) in [6.45, 7) is 0.861. The molecule has 25 heavy (non-hydrogen) atoms. The van der Waals surface area contributed by atoms with E-state index in [1.54, 1.807) is 13.4 Å². The highest BCUT2D eigenvalue weighted by Gasteiger charge is 2.04. The number of hydrogen-bond donors (Lipinski definition) is 2. The molecular formula is C20H22N4O. The largest absolute Gasteiger partial charge is 0.495 e. The molecule has 5 nitrogen and oxygen atoms in total. The van der Waals surface area contributed by atoms with E-state index in [4.69, 9.17) is 4.74 Å². The number of aromatic nitrogens is 2. The molecule has 0 spiro atoms. The number of ether oxygens (including phenoxy) is 1. The van der Waals surface area contributed by atoms with E-state index in [0.29, 0.717) is 0 Å². The lowest BCUT2D eigenvalue weighted by molar-refractivity contribution is 0.417. The van der Waals surface area contributed by atoms with Crippen LogP contribution in [0.4, 0.5) is 17.3 Å². The van der Waals surface area contributed by atoms with Gasteiger partial charge in [-0.25, -0.2) is 9.97 Å². The number of para-hydroxylation sites is 2. The van der Waals surface area contributed by atoms with Crippen molar-refractivity contribution in [2.75, 3.05) is 24.3 Å². The van der Waals surface area contributed by atoms with E-state index in [1.165, 1.54) is 5.56 Å². The molecule has 0 bridgehead atoms. The van der Waals surface area contributed by atoms with E-state index in [9.17, 15) is 0 Å². The average molecular weight is 334 g/mol. The fourth-order valence-corrected chi connectivity index (χ4v) is 2.56. The van der Waals surface area contributed by atoms with Crippen LogP contribution in [0.3, 0.4) is 0 Å². The number of nitrogens with zero attached hydrogens (tertiary/aromatic N) is 2. The molecule has 0 fully saturated rings. The van der Waals surface area contributed by atoms with Crippen LogP contribution < -0.4 is 15.4 Å². The Hall–Kier alpha value is -3.08. The van der Waals surface area contributed by atoms with Crippen molar-refractivity contribution in [1.82, 2.24) is 9.97 Å². The van der Waals surface area contributed by atoms with Crippen molar-refractivity contribution in [1.29, 1.82) is 0 Å². The Morgan fingerprint density at radius 2 is 1.68 bits per heavy atom. The minimum absolute atomic E-state index is 0.727. The maximum Gasteiger partial charge on any atom is 0.142 e. The van der Waals surface area contributed by atoms with Crippen molar-refractivity contribution in [3.63, 3.8) is 0 Å². The maximum atomic E-state index is 5.35. The van der Waals surface area contributed by atoms with Crippen molar-refractivity contribution >= 4 is 17.3 Å². The van der Waals surface area contributed by atoms with Gasteiger partial charge in [-0.05, 0) is 30.5 Å². The van der Waals surface area contributed by atoms with Crippen molar-refractivity contribution in [2.24, 2.45) is 0 Å². The van der Waals surface area contributed by atoms with Crippen LogP contribution in [-0.2, 0) is 6.42 Å². The van der Waals surface area contributed by atoms with Crippen molar-refractivity contribution < 1.29 is 4.74 Å². The average Bonchev–Trinajstić information content (AvgIpc) is 2.67. The highest BCUT2D eigenvalue weighted by Crippen LogP contribution is 2.26. The molecule has 0 aliphatic heterocycles. The molecule has 0 amide bonds. The minimum Gasteiger partial charge on any atom is -0.495 e. The Balaban J connectivity index is 1.54. The second kappa shape index (κ2) is 8.68. The number of benzene rings is 2. The molecule has 0 saturated carbocycles. The SMILES string of the molecule is COc1ccccc1Nc1cc(NCCCc2ccccc2)ncn1. The normalized spacial score (nSPS) is 10.3. The van der Waals surface area contributed by atoms with Crippen LogP contribution in [-0.4, -0.2) is 23.6 Å². The van der Waals surface area contributed by atoms with E-state index >= 15 is 0 Å². The van der Waals surface area contributed by atoms with E-state index in [1.807, 2.05) is 36.4 Å². The van der Waals surface area contributed by atoms with Gasteiger partial charge in [0.05, 0.1) is 12.8 Å². The summed E-state index contributed by atoms with van der Waals surface area (Å²) in [7, 11) is 1.65. The fourth-order valence-electron chi connectivity index (χ4n) is 2.56. The number of nitrogens with one attached hydrogen (secondary N) is 2. The second-order valence-corrected chi connectivity index (χ2v) is 5.63. The second-order valence-electron chi connectivity index (χ2n) is 5.63. The molecule has 2 aromatic carbocycles. The number of hydrogen-bond acceptors (Lipinski definition) is 5. The van der Waals surface area contributed by atoms with Gasteiger partial charge in [0.15, 0.2) is 0 Å². The standard InChI is InChI=1S/C20H22N4O/c1-25-18-12-6-5-11-17(18)24-20-14-19(22-15-23-20)21-13-7-10-16-8-3-2-4-9-16/h2-6,8-9,11-12,14-15H,7,10,13H2,1H3,(H2,21,22,23,24). The summed E-state index contributed by atoms with van der Waals surface area (Å²) in [4.78, 5) is 8.54. The molecule has 3 rings (SSSR count). The van der Waals surface area contributed by atoms with Crippen LogP contribution >= 0.6 is 0 Å². The van der Waals surface area contributed by atoms with E-state index in [-0.39, 0.29) is 0 Å². The molecule has 0 radical (unpaired) electrons.